The van der Waals surface area contributed by atoms with Crippen molar-refractivity contribution in [3.05, 3.63) is 0 Å². The smallest absolute Gasteiger partial charge is 0.410 e. The standard InChI is InChI=1S/C11H19N3O3/c1-12-4-6-13(7-5-12)10(15)9-14-3-2-8-17-11(14)16/h2-9H2,1H3. The lowest BCUT2D eigenvalue weighted by atomic mass is 10.3. The molecule has 0 aromatic rings. The van der Waals surface area contributed by atoms with Crippen molar-refractivity contribution in [3.8, 4) is 0 Å². The Labute approximate surface area is 101 Å². The number of ether oxygens (including phenoxy) is 1. The Kier molecular flexibility index (Phi) is 3.83. The number of rotatable bonds is 2. The van der Waals surface area contributed by atoms with E-state index in [1.54, 1.807) is 0 Å². The summed E-state index contributed by atoms with van der Waals surface area (Å²) in [5, 5.41) is 0. The second-order valence-corrected chi connectivity index (χ2v) is 4.57. The lowest BCUT2D eigenvalue weighted by Crippen LogP contribution is -2.51. The Hall–Kier alpha value is -1.30. The molecule has 96 valence electrons. The van der Waals surface area contributed by atoms with E-state index in [0.29, 0.717) is 13.2 Å². The van der Waals surface area contributed by atoms with Crippen molar-refractivity contribution in [1.29, 1.82) is 0 Å². The molecule has 0 spiro atoms. The average Bonchev–Trinajstić information content (AvgIpc) is 2.33. The fourth-order valence-corrected chi connectivity index (χ4v) is 2.06. The third-order valence-electron chi connectivity index (χ3n) is 3.24. The van der Waals surface area contributed by atoms with Gasteiger partial charge in [0.15, 0.2) is 0 Å². The molecule has 0 bridgehead atoms. The van der Waals surface area contributed by atoms with E-state index in [2.05, 4.69) is 4.90 Å². The Morgan fingerprint density at radius 3 is 2.59 bits per heavy atom. The molecule has 0 aromatic heterocycles. The molecule has 2 rings (SSSR count). The van der Waals surface area contributed by atoms with Crippen LogP contribution in [0.2, 0.25) is 0 Å². The minimum Gasteiger partial charge on any atom is -0.449 e. The van der Waals surface area contributed by atoms with Gasteiger partial charge >= 0.3 is 6.09 Å². The minimum atomic E-state index is -0.362. The summed E-state index contributed by atoms with van der Waals surface area (Å²) in [6.45, 7) is 4.54. The maximum atomic E-state index is 12.0. The van der Waals surface area contributed by atoms with Crippen molar-refractivity contribution >= 4 is 12.0 Å². The Balaban J connectivity index is 1.82. The number of hydrogen-bond acceptors (Lipinski definition) is 4. The highest BCUT2D eigenvalue weighted by molar-refractivity contribution is 5.82. The summed E-state index contributed by atoms with van der Waals surface area (Å²) in [5.41, 5.74) is 0. The zero-order valence-corrected chi connectivity index (χ0v) is 10.2. The van der Waals surface area contributed by atoms with Gasteiger partial charge < -0.3 is 14.5 Å². The molecule has 2 fully saturated rings. The molecule has 6 nitrogen and oxygen atoms in total. The normalized spacial score (nSPS) is 22.5. The Bertz CT molecular complexity index is 300. The van der Waals surface area contributed by atoms with Crippen molar-refractivity contribution in [1.82, 2.24) is 14.7 Å². The van der Waals surface area contributed by atoms with Crippen LogP contribution in [0.4, 0.5) is 4.79 Å². The van der Waals surface area contributed by atoms with E-state index in [-0.39, 0.29) is 18.5 Å². The second kappa shape index (κ2) is 5.35. The largest absolute Gasteiger partial charge is 0.449 e. The van der Waals surface area contributed by atoms with Gasteiger partial charge in [-0.05, 0) is 13.5 Å². The summed E-state index contributed by atoms with van der Waals surface area (Å²) < 4.78 is 4.90. The second-order valence-electron chi connectivity index (χ2n) is 4.57. The fraction of sp³-hybridized carbons (Fsp3) is 0.818. The first-order chi connectivity index (χ1) is 8.16. The predicted octanol–water partition coefficient (Wildman–Crippen LogP) is -0.397. The molecular formula is C11H19N3O3. The lowest BCUT2D eigenvalue weighted by Gasteiger charge is -2.34. The van der Waals surface area contributed by atoms with Gasteiger partial charge in [-0.1, -0.05) is 0 Å². The Morgan fingerprint density at radius 2 is 1.94 bits per heavy atom. The molecule has 0 atom stereocenters. The average molecular weight is 241 g/mol. The third kappa shape index (κ3) is 3.09. The number of carbonyl (C=O) groups is 2. The molecular weight excluding hydrogens is 222 g/mol. The number of amides is 2. The summed E-state index contributed by atoms with van der Waals surface area (Å²) in [6.07, 6.45) is 0.445. The van der Waals surface area contributed by atoms with Gasteiger partial charge in [-0.15, -0.1) is 0 Å². The number of likely N-dealkylation sites (N-methyl/N-ethyl adjacent to an activating group) is 1. The van der Waals surface area contributed by atoms with E-state index in [4.69, 9.17) is 4.74 Å². The van der Waals surface area contributed by atoms with Crippen LogP contribution < -0.4 is 0 Å². The first kappa shape index (κ1) is 12.2. The monoisotopic (exact) mass is 241 g/mol. The van der Waals surface area contributed by atoms with Gasteiger partial charge in [-0.25, -0.2) is 4.79 Å². The van der Waals surface area contributed by atoms with Crippen LogP contribution in [0.15, 0.2) is 0 Å². The molecule has 0 aromatic carbocycles. The van der Waals surface area contributed by atoms with E-state index in [1.807, 2.05) is 11.9 Å². The van der Waals surface area contributed by atoms with Crippen LogP contribution in [0.3, 0.4) is 0 Å². The van der Waals surface area contributed by atoms with E-state index in [1.165, 1.54) is 4.90 Å². The summed E-state index contributed by atoms with van der Waals surface area (Å²) in [5.74, 6) is 0.0250. The predicted molar refractivity (Wildman–Crippen MR) is 61.6 cm³/mol. The molecule has 0 N–H and O–H groups in total. The summed E-state index contributed by atoms with van der Waals surface area (Å²) in [4.78, 5) is 28.9. The molecule has 17 heavy (non-hydrogen) atoms. The quantitative estimate of drug-likeness (QED) is 0.660. The first-order valence-electron chi connectivity index (χ1n) is 6.05. The fourth-order valence-electron chi connectivity index (χ4n) is 2.06. The number of nitrogens with zero attached hydrogens (tertiary/aromatic N) is 3. The number of hydrogen-bond donors (Lipinski definition) is 0. The topological polar surface area (TPSA) is 53.1 Å². The third-order valence-corrected chi connectivity index (χ3v) is 3.24. The lowest BCUT2D eigenvalue weighted by molar-refractivity contribution is -0.134. The van der Waals surface area contributed by atoms with Crippen molar-refractivity contribution in [2.24, 2.45) is 0 Å². The molecule has 2 aliphatic rings. The minimum absolute atomic E-state index is 0.0250. The summed E-state index contributed by atoms with van der Waals surface area (Å²) in [7, 11) is 2.05. The van der Waals surface area contributed by atoms with Crippen molar-refractivity contribution < 1.29 is 14.3 Å². The van der Waals surface area contributed by atoms with Crippen molar-refractivity contribution in [2.75, 3.05) is 52.9 Å². The summed E-state index contributed by atoms with van der Waals surface area (Å²) in [6, 6.07) is 0. The van der Waals surface area contributed by atoms with Gasteiger partial charge in [0.05, 0.1) is 6.61 Å². The molecule has 0 aliphatic carbocycles. The highest BCUT2D eigenvalue weighted by Gasteiger charge is 2.25. The zero-order chi connectivity index (χ0) is 12.3. The number of carbonyl (C=O) groups excluding carboxylic acids is 2. The van der Waals surface area contributed by atoms with E-state index in [9.17, 15) is 9.59 Å². The van der Waals surface area contributed by atoms with E-state index >= 15 is 0 Å². The van der Waals surface area contributed by atoms with Crippen LogP contribution in [0.5, 0.6) is 0 Å². The molecule has 0 radical (unpaired) electrons. The van der Waals surface area contributed by atoms with Gasteiger partial charge in [0, 0.05) is 32.7 Å². The molecule has 6 heteroatoms. The maximum absolute atomic E-state index is 12.0. The van der Waals surface area contributed by atoms with Gasteiger partial charge in [0.25, 0.3) is 0 Å². The molecule has 0 saturated carbocycles. The van der Waals surface area contributed by atoms with E-state index in [0.717, 1.165) is 32.6 Å². The van der Waals surface area contributed by atoms with Gasteiger partial charge in [-0.3, -0.25) is 9.69 Å². The van der Waals surface area contributed by atoms with Crippen LogP contribution in [-0.2, 0) is 9.53 Å². The van der Waals surface area contributed by atoms with Gasteiger partial charge in [-0.2, -0.15) is 0 Å². The number of piperazine rings is 1. The molecule has 2 amide bonds. The van der Waals surface area contributed by atoms with Crippen LogP contribution in [0.25, 0.3) is 0 Å². The first-order valence-corrected chi connectivity index (χ1v) is 6.05. The SMILES string of the molecule is CN1CCN(C(=O)CN2CCCOC2=O)CC1. The maximum Gasteiger partial charge on any atom is 0.410 e. The van der Waals surface area contributed by atoms with Crippen molar-refractivity contribution in [3.63, 3.8) is 0 Å². The molecule has 0 unspecified atom stereocenters. The van der Waals surface area contributed by atoms with Crippen LogP contribution in [0, 0.1) is 0 Å². The van der Waals surface area contributed by atoms with Crippen LogP contribution in [-0.4, -0.2) is 79.6 Å². The van der Waals surface area contributed by atoms with Gasteiger partial charge in [0.2, 0.25) is 5.91 Å². The van der Waals surface area contributed by atoms with Crippen LogP contribution in [0.1, 0.15) is 6.42 Å². The molecule has 2 heterocycles. The summed E-state index contributed by atoms with van der Waals surface area (Å²) >= 11 is 0. The Morgan fingerprint density at radius 1 is 1.24 bits per heavy atom. The van der Waals surface area contributed by atoms with Crippen molar-refractivity contribution in [2.45, 2.75) is 6.42 Å². The molecule has 2 saturated heterocycles. The zero-order valence-electron chi connectivity index (χ0n) is 10.2. The highest BCUT2D eigenvalue weighted by atomic mass is 16.6. The highest BCUT2D eigenvalue weighted by Crippen LogP contribution is 2.06. The molecule has 2 aliphatic heterocycles. The van der Waals surface area contributed by atoms with Crippen LogP contribution >= 0.6 is 0 Å². The number of cyclic esters (lactones) is 1. The van der Waals surface area contributed by atoms with Gasteiger partial charge in [0.1, 0.15) is 6.54 Å². The van der Waals surface area contributed by atoms with E-state index < -0.39 is 0 Å².